The van der Waals surface area contributed by atoms with E-state index in [1.807, 2.05) is 0 Å². The van der Waals surface area contributed by atoms with Gasteiger partial charge in [0, 0.05) is 30.1 Å². The van der Waals surface area contributed by atoms with E-state index in [2.05, 4.69) is 28.4 Å². The number of piperidine rings is 1. The van der Waals surface area contributed by atoms with Crippen LogP contribution in [0.25, 0.3) is 11.0 Å². The molecule has 0 amide bonds. The van der Waals surface area contributed by atoms with Crippen LogP contribution < -0.4 is 5.32 Å². The van der Waals surface area contributed by atoms with E-state index in [4.69, 9.17) is 4.42 Å². The molecule has 0 spiro atoms. The molecule has 1 aromatic carbocycles. The zero-order valence-corrected chi connectivity index (χ0v) is 10.5. The van der Waals surface area contributed by atoms with E-state index in [-0.39, 0.29) is 0 Å². The maximum absolute atomic E-state index is 5.66. The minimum atomic E-state index is 0.740. The average Bonchev–Trinajstić information content (AvgIpc) is 3.05. The van der Waals surface area contributed by atoms with E-state index in [9.17, 15) is 0 Å². The monoisotopic (exact) mass is 242 g/mol. The Morgan fingerprint density at radius 2 is 2.00 bits per heavy atom. The highest BCUT2D eigenvalue weighted by Gasteiger charge is 2.28. The third kappa shape index (κ3) is 1.58. The van der Waals surface area contributed by atoms with Crippen LogP contribution in [-0.4, -0.2) is 24.0 Å². The van der Waals surface area contributed by atoms with Crippen molar-refractivity contribution in [1.82, 2.24) is 10.2 Å². The SMILES string of the molecule is c1cc2ccc3c(c2o1)CN(C1CCNCC1)C3. The summed E-state index contributed by atoms with van der Waals surface area (Å²) < 4.78 is 5.66. The Balaban J connectivity index is 1.65. The van der Waals surface area contributed by atoms with Gasteiger partial charge in [-0.05, 0) is 37.6 Å². The van der Waals surface area contributed by atoms with Gasteiger partial charge in [0.05, 0.1) is 6.26 Å². The van der Waals surface area contributed by atoms with Crippen LogP contribution in [0.3, 0.4) is 0 Å². The maximum Gasteiger partial charge on any atom is 0.138 e. The standard InChI is InChI=1S/C15H18N2O/c1-2-12-9-17(13-3-6-16-7-4-13)10-14(12)15-11(1)5-8-18-15/h1-2,5,8,13,16H,3-4,6-7,9-10H2. The summed E-state index contributed by atoms with van der Waals surface area (Å²) in [6.07, 6.45) is 4.35. The third-order valence-electron chi connectivity index (χ3n) is 4.38. The van der Waals surface area contributed by atoms with Crippen molar-refractivity contribution >= 4 is 11.0 Å². The minimum absolute atomic E-state index is 0.740. The van der Waals surface area contributed by atoms with E-state index in [0.717, 1.165) is 37.8 Å². The Morgan fingerprint density at radius 1 is 1.11 bits per heavy atom. The van der Waals surface area contributed by atoms with Crippen molar-refractivity contribution in [3.8, 4) is 0 Å². The topological polar surface area (TPSA) is 28.4 Å². The first-order chi connectivity index (χ1) is 8.92. The van der Waals surface area contributed by atoms with Crippen molar-refractivity contribution in [1.29, 1.82) is 0 Å². The molecule has 1 saturated heterocycles. The maximum atomic E-state index is 5.66. The van der Waals surface area contributed by atoms with Crippen molar-refractivity contribution in [2.45, 2.75) is 32.0 Å². The first-order valence-corrected chi connectivity index (χ1v) is 6.84. The van der Waals surface area contributed by atoms with Crippen LogP contribution in [0.1, 0.15) is 24.0 Å². The molecule has 1 aromatic heterocycles. The van der Waals surface area contributed by atoms with Gasteiger partial charge in [0.25, 0.3) is 0 Å². The van der Waals surface area contributed by atoms with Crippen LogP contribution in [0.4, 0.5) is 0 Å². The fourth-order valence-electron chi connectivity index (χ4n) is 3.36. The molecule has 1 N–H and O–H groups in total. The Kier molecular flexibility index (Phi) is 2.42. The highest BCUT2D eigenvalue weighted by Crippen LogP contribution is 2.33. The Hall–Kier alpha value is -1.32. The van der Waals surface area contributed by atoms with E-state index in [1.54, 1.807) is 6.26 Å². The molecular formula is C15H18N2O. The summed E-state index contributed by atoms with van der Waals surface area (Å²) in [6.45, 7) is 4.48. The van der Waals surface area contributed by atoms with Crippen molar-refractivity contribution in [2.24, 2.45) is 0 Å². The summed E-state index contributed by atoms with van der Waals surface area (Å²) in [5.74, 6) is 0. The highest BCUT2D eigenvalue weighted by molar-refractivity contribution is 5.82. The molecule has 94 valence electrons. The van der Waals surface area contributed by atoms with Crippen molar-refractivity contribution < 1.29 is 4.42 Å². The van der Waals surface area contributed by atoms with Crippen molar-refractivity contribution in [3.05, 3.63) is 35.6 Å². The molecule has 0 radical (unpaired) electrons. The molecule has 2 aromatic rings. The Labute approximate surface area is 107 Å². The number of nitrogens with one attached hydrogen (secondary N) is 1. The molecule has 0 bridgehead atoms. The molecule has 3 heterocycles. The number of hydrogen-bond acceptors (Lipinski definition) is 3. The first-order valence-electron chi connectivity index (χ1n) is 6.84. The largest absolute Gasteiger partial charge is 0.464 e. The lowest BCUT2D eigenvalue weighted by Crippen LogP contribution is -2.40. The summed E-state index contributed by atoms with van der Waals surface area (Å²) in [5, 5.41) is 4.68. The highest BCUT2D eigenvalue weighted by atomic mass is 16.3. The van der Waals surface area contributed by atoms with Gasteiger partial charge >= 0.3 is 0 Å². The quantitative estimate of drug-likeness (QED) is 0.833. The molecule has 0 saturated carbocycles. The van der Waals surface area contributed by atoms with Gasteiger partial charge in [-0.25, -0.2) is 0 Å². The van der Waals surface area contributed by atoms with Gasteiger partial charge in [0.1, 0.15) is 5.58 Å². The van der Waals surface area contributed by atoms with Crippen molar-refractivity contribution in [3.63, 3.8) is 0 Å². The molecule has 18 heavy (non-hydrogen) atoms. The molecule has 1 fully saturated rings. The second kappa shape index (κ2) is 4.11. The van der Waals surface area contributed by atoms with Crippen LogP contribution in [0.2, 0.25) is 0 Å². The fraction of sp³-hybridized carbons (Fsp3) is 0.467. The Morgan fingerprint density at radius 3 is 2.89 bits per heavy atom. The molecule has 0 aliphatic carbocycles. The number of nitrogens with zero attached hydrogens (tertiary/aromatic N) is 1. The number of benzene rings is 1. The summed E-state index contributed by atoms with van der Waals surface area (Å²) in [4.78, 5) is 2.62. The molecule has 3 nitrogen and oxygen atoms in total. The second-order valence-corrected chi connectivity index (χ2v) is 5.43. The molecule has 2 aliphatic heterocycles. The Bertz CT molecular complexity index is 569. The fourth-order valence-corrected chi connectivity index (χ4v) is 3.36. The van der Waals surface area contributed by atoms with Crippen molar-refractivity contribution in [2.75, 3.05) is 13.1 Å². The summed E-state index contributed by atoms with van der Waals surface area (Å²) in [7, 11) is 0. The zero-order chi connectivity index (χ0) is 11.9. The van der Waals surface area contributed by atoms with Gasteiger partial charge < -0.3 is 9.73 Å². The predicted octanol–water partition coefficient (Wildman–Crippen LogP) is 2.50. The number of fused-ring (bicyclic) bond motifs is 3. The lowest BCUT2D eigenvalue weighted by Gasteiger charge is -2.31. The average molecular weight is 242 g/mol. The van der Waals surface area contributed by atoms with Crippen LogP contribution in [0, 0.1) is 0 Å². The third-order valence-corrected chi connectivity index (χ3v) is 4.38. The van der Waals surface area contributed by atoms with Gasteiger partial charge in [-0.2, -0.15) is 0 Å². The molecule has 0 unspecified atom stereocenters. The number of rotatable bonds is 1. The van der Waals surface area contributed by atoms with E-state index < -0.39 is 0 Å². The molecule has 0 atom stereocenters. The predicted molar refractivity (Wildman–Crippen MR) is 71.4 cm³/mol. The normalized spacial score (nSPS) is 21.6. The summed E-state index contributed by atoms with van der Waals surface area (Å²) in [6, 6.07) is 7.25. The van der Waals surface area contributed by atoms with E-state index in [1.165, 1.54) is 29.4 Å². The molecular weight excluding hydrogens is 224 g/mol. The second-order valence-electron chi connectivity index (χ2n) is 5.43. The summed E-state index contributed by atoms with van der Waals surface area (Å²) in [5.41, 5.74) is 3.97. The molecule has 2 aliphatic rings. The lowest BCUT2D eigenvalue weighted by molar-refractivity contribution is 0.163. The number of furan rings is 1. The van der Waals surface area contributed by atoms with Crippen LogP contribution >= 0.6 is 0 Å². The van der Waals surface area contributed by atoms with Gasteiger partial charge in [0.2, 0.25) is 0 Å². The van der Waals surface area contributed by atoms with E-state index in [0.29, 0.717) is 0 Å². The van der Waals surface area contributed by atoms with Crippen LogP contribution in [-0.2, 0) is 13.1 Å². The van der Waals surface area contributed by atoms with Gasteiger partial charge in [-0.15, -0.1) is 0 Å². The minimum Gasteiger partial charge on any atom is -0.464 e. The van der Waals surface area contributed by atoms with E-state index >= 15 is 0 Å². The summed E-state index contributed by atoms with van der Waals surface area (Å²) >= 11 is 0. The van der Waals surface area contributed by atoms with Gasteiger partial charge in [-0.3, -0.25) is 4.90 Å². The number of hydrogen-bond donors (Lipinski definition) is 1. The van der Waals surface area contributed by atoms with Crippen LogP contribution in [0.15, 0.2) is 28.9 Å². The zero-order valence-electron chi connectivity index (χ0n) is 10.5. The van der Waals surface area contributed by atoms with Gasteiger partial charge in [0.15, 0.2) is 0 Å². The molecule has 4 rings (SSSR count). The van der Waals surface area contributed by atoms with Gasteiger partial charge in [-0.1, -0.05) is 12.1 Å². The smallest absolute Gasteiger partial charge is 0.138 e. The molecule has 3 heteroatoms. The lowest BCUT2D eigenvalue weighted by atomic mass is 10.1. The first kappa shape index (κ1) is 10.6. The van der Waals surface area contributed by atoms with Crippen LogP contribution in [0.5, 0.6) is 0 Å².